The zero-order valence-corrected chi connectivity index (χ0v) is 16.3. The van der Waals surface area contributed by atoms with Gasteiger partial charge in [0.15, 0.2) is 5.75 Å². The van der Waals surface area contributed by atoms with Crippen LogP contribution in [-0.2, 0) is 0 Å². The first-order chi connectivity index (χ1) is 13.3. The highest BCUT2D eigenvalue weighted by molar-refractivity contribution is 6.35. The van der Waals surface area contributed by atoms with Crippen molar-refractivity contribution >= 4 is 52.3 Å². The molecule has 0 saturated carbocycles. The molecule has 3 N–H and O–H groups in total. The van der Waals surface area contributed by atoms with Crippen molar-refractivity contribution in [3.63, 3.8) is 0 Å². The fourth-order valence-electron chi connectivity index (χ4n) is 2.27. The van der Waals surface area contributed by atoms with Gasteiger partial charge in [0.2, 0.25) is 0 Å². The molecule has 0 aliphatic carbocycles. The van der Waals surface area contributed by atoms with E-state index in [-0.39, 0.29) is 11.3 Å². The summed E-state index contributed by atoms with van der Waals surface area (Å²) in [5.41, 5.74) is 5.67. The Morgan fingerprint density at radius 2 is 1.61 bits per heavy atom. The molecule has 9 heteroatoms. The number of nitrogens with zero attached hydrogens (tertiary/aromatic N) is 1. The molecule has 142 valence electrons. The minimum absolute atomic E-state index is 0.0248. The Bertz CT molecular complexity index is 1070. The molecule has 2 amide bonds. The molecule has 0 aliphatic heterocycles. The summed E-state index contributed by atoms with van der Waals surface area (Å²) in [6.07, 6.45) is 1.32. The third-order valence-corrected chi connectivity index (χ3v) is 4.34. The number of aromatic nitrogens is 1. The Hall–Kier alpha value is -2.80. The van der Waals surface area contributed by atoms with Crippen molar-refractivity contribution in [3.8, 4) is 11.5 Å². The Labute approximate surface area is 175 Å². The lowest BCUT2D eigenvalue weighted by atomic mass is 10.2. The van der Waals surface area contributed by atoms with Crippen molar-refractivity contribution in [2.24, 2.45) is 5.73 Å². The van der Waals surface area contributed by atoms with Crippen LogP contribution >= 0.6 is 34.8 Å². The first kappa shape index (κ1) is 19.9. The minimum atomic E-state index is -0.737. The summed E-state index contributed by atoms with van der Waals surface area (Å²) in [4.78, 5) is 27.7. The van der Waals surface area contributed by atoms with E-state index in [9.17, 15) is 9.59 Å². The summed E-state index contributed by atoms with van der Waals surface area (Å²) in [5, 5.41) is 3.84. The predicted octanol–water partition coefficient (Wildman–Crippen LogP) is 5.19. The van der Waals surface area contributed by atoms with Gasteiger partial charge >= 0.3 is 0 Å². The molecular formula is C19H12Cl3N3O3. The Morgan fingerprint density at radius 1 is 0.929 bits per heavy atom. The van der Waals surface area contributed by atoms with Crippen LogP contribution in [0.2, 0.25) is 15.1 Å². The molecule has 1 heterocycles. The molecule has 3 rings (SSSR count). The summed E-state index contributed by atoms with van der Waals surface area (Å²) < 4.78 is 5.80. The van der Waals surface area contributed by atoms with Crippen molar-refractivity contribution in [2.75, 3.05) is 5.32 Å². The number of nitrogens with two attached hydrogens (primary N) is 1. The quantitative estimate of drug-likeness (QED) is 0.576. The maximum Gasteiger partial charge on any atom is 0.267 e. The van der Waals surface area contributed by atoms with Crippen LogP contribution in [0.15, 0.2) is 54.7 Å². The van der Waals surface area contributed by atoms with E-state index in [1.807, 2.05) is 0 Å². The SMILES string of the molecule is NC(=O)c1cc(C(=O)Nc2cc(Cl)ccc2Oc2ccc(Cl)cc2Cl)ccn1. The van der Waals surface area contributed by atoms with Gasteiger partial charge in [-0.1, -0.05) is 34.8 Å². The number of rotatable bonds is 5. The molecular weight excluding hydrogens is 425 g/mol. The molecule has 0 spiro atoms. The van der Waals surface area contributed by atoms with E-state index in [0.717, 1.165) is 0 Å². The fourth-order valence-corrected chi connectivity index (χ4v) is 2.89. The zero-order chi connectivity index (χ0) is 20.3. The number of primary amides is 1. The second-order valence-corrected chi connectivity index (χ2v) is 6.85. The van der Waals surface area contributed by atoms with Crippen molar-refractivity contribution < 1.29 is 14.3 Å². The van der Waals surface area contributed by atoms with Crippen LogP contribution in [0.1, 0.15) is 20.8 Å². The van der Waals surface area contributed by atoms with Crippen LogP contribution in [-0.4, -0.2) is 16.8 Å². The number of benzene rings is 2. The van der Waals surface area contributed by atoms with E-state index < -0.39 is 11.8 Å². The monoisotopic (exact) mass is 435 g/mol. The Kier molecular flexibility index (Phi) is 6.04. The molecule has 0 fully saturated rings. The van der Waals surface area contributed by atoms with Crippen LogP contribution in [0.4, 0.5) is 5.69 Å². The molecule has 6 nitrogen and oxygen atoms in total. The molecule has 28 heavy (non-hydrogen) atoms. The van der Waals surface area contributed by atoms with E-state index in [1.165, 1.54) is 30.5 Å². The van der Waals surface area contributed by atoms with Crippen LogP contribution in [0, 0.1) is 0 Å². The van der Waals surface area contributed by atoms with E-state index in [0.29, 0.717) is 32.3 Å². The lowest BCUT2D eigenvalue weighted by molar-refractivity contribution is 0.0995. The predicted molar refractivity (Wildman–Crippen MR) is 109 cm³/mol. The smallest absolute Gasteiger partial charge is 0.267 e. The van der Waals surface area contributed by atoms with Crippen molar-refractivity contribution in [1.82, 2.24) is 4.98 Å². The van der Waals surface area contributed by atoms with E-state index >= 15 is 0 Å². The van der Waals surface area contributed by atoms with Gasteiger partial charge in [-0.25, -0.2) is 0 Å². The van der Waals surface area contributed by atoms with Gasteiger partial charge in [-0.2, -0.15) is 0 Å². The third kappa shape index (κ3) is 4.72. The second-order valence-electron chi connectivity index (χ2n) is 5.57. The average molecular weight is 437 g/mol. The van der Waals surface area contributed by atoms with E-state index in [4.69, 9.17) is 45.3 Å². The zero-order valence-electron chi connectivity index (χ0n) is 14.1. The minimum Gasteiger partial charge on any atom is -0.454 e. The average Bonchev–Trinajstić information content (AvgIpc) is 2.66. The molecule has 0 unspecified atom stereocenters. The summed E-state index contributed by atoms with van der Waals surface area (Å²) in [7, 11) is 0. The van der Waals surface area contributed by atoms with Crippen LogP contribution < -0.4 is 15.8 Å². The highest BCUT2D eigenvalue weighted by atomic mass is 35.5. The number of hydrogen-bond donors (Lipinski definition) is 2. The number of anilines is 1. The van der Waals surface area contributed by atoms with Crippen molar-refractivity contribution in [1.29, 1.82) is 0 Å². The lowest BCUT2D eigenvalue weighted by Crippen LogP contribution is -2.17. The normalized spacial score (nSPS) is 10.4. The maximum absolute atomic E-state index is 12.6. The third-order valence-electron chi connectivity index (χ3n) is 3.58. The van der Waals surface area contributed by atoms with Gasteiger partial charge in [0.05, 0.1) is 10.7 Å². The van der Waals surface area contributed by atoms with Crippen LogP contribution in [0.3, 0.4) is 0 Å². The molecule has 0 bridgehead atoms. The first-order valence-electron chi connectivity index (χ1n) is 7.83. The Morgan fingerprint density at radius 3 is 2.29 bits per heavy atom. The van der Waals surface area contributed by atoms with Gasteiger partial charge in [-0.15, -0.1) is 0 Å². The molecule has 0 aliphatic rings. The van der Waals surface area contributed by atoms with E-state index in [1.54, 1.807) is 24.3 Å². The number of amides is 2. The summed E-state index contributed by atoms with van der Waals surface area (Å²) in [6.45, 7) is 0. The Balaban J connectivity index is 1.89. The fraction of sp³-hybridized carbons (Fsp3) is 0. The van der Waals surface area contributed by atoms with Crippen molar-refractivity contribution in [2.45, 2.75) is 0 Å². The number of pyridine rings is 1. The lowest BCUT2D eigenvalue weighted by Gasteiger charge is -2.14. The molecule has 1 aromatic heterocycles. The van der Waals surface area contributed by atoms with Gasteiger partial charge in [0.25, 0.3) is 11.8 Å². The highest BCUT2D eigenvalue weighted by Gasteiger charge is 2.14. The van der Waals surface area contributed by atoms with Crippen molar-refractivity contribution in [3.05, 3.63) is 81.1 Å². The molecule has 0 saturated heterocycles. The molecule has 3 aromatic rings. The van der Waals surface area contributed by atoms with Crippen LogP contribution in [0.25, 0.3) is 0 Å². The first-order valence-corrected chi connectivity index (χ1v) is 8.96. The van der Waals surface area contributed by atoms with Gasteiger partial charge in [-0.3, -0.25) is 14.6 Å². The maximum atomic E-state index is 12.6. The summed E-state index contributed by atoms with van der Waals surface area (Å²) in [6, 6.07) is 12.2. The standard InChI is InChI=1S/C19H12Cl3N3O3/c20-11-1-3-16(13(22)8-11)28-17-4-2-12(21)9-14(17)25-19(27)10-5-6-24-15(7-10)18(23)26/h1-9H,(H2,23,26)(H,25,27). The molecule has 2 aromatic carbocycles. The van der Waals surface area contributed by atoms with Gasteiger partial charge in [0, 0.05) is 21.8 Å². The highest BCUT2D eigenvalue weighted by Crippen LogP contribution is 2.36. The number of hydrogen-bond acceptors (Lipinski definition) is 4. The second kappa shape index (κ2) is 8.48. The van der Waals surface area contributed by atoms with Gasteiger partial charge in [0.1, 0.15) is 11.4 Å². The topological polar surface area (TPSA) is 94.3 Å². The number of ether oxygens (including phenoxy) is 1. The summed E-state index contributed by atoms with van der Waals surface area (Å²) in [5.74, 6) is -0.576. The summed E-state index contributed by atoms with van der Waals surface area (Å²) >= 11 is 18.1. The number of carbonyl (C=O) groups excluding carboxylic acids is 2. The van der Waals surface area contributed by atoms with Crippen LogP contribution in [0.5, 0.6) is 11.5 Å². The number of carbonyl (C=O) groups is 2. The largest absolute Gasteiger partial charge is 0.454 e. The van der Waals surface area contributed by atoms with Gasteiger partial charge < -0.3 is 15.8 Å². The van der Waals surface area contributed by atoms with E-state index in [2.05, 4.69) is 10.3 Å². The number of halogens is 3. The molecule has 0 radical (unpaired) electrons. The molecule has 0 atom stereocenters. The van der Waals surface area contributed by atoms with Gasteiger partial charge in [-0.05, 0) is 48.5 Å². The number of nitrogens with one attached hydrogen (secondary N) is 1.